The Kier molecular flexibility index (Phi) is 4.55. The Morgan fingerprint density at radius 2 is 1.88 bits per heavy atom. The van der Waals surface area contributed by atoms with Gasteiger partial charge in [0, 0.05) is 25.2 Å². The van der Waals surface area contributed by atoms with E-state index in [2.05, 4.69) is 4.90 Å². The monoisotopic (exact) mass is 242 g/mol. The van der Waals surface area contributed by atoms with Gasteiger partial charge >= 0.3 is 0 Å². The van der Waals surface area contributed by atoms with Crippen molar-refractivity contribution < 1.29 is 4.74 Å². The lowest BCUT2D eigenvalue weighted by Gasteiger charge is -2.38. The minimum absolute atomic E-state index is 0.540. The zero-order valence-corrected chi connectivity index (χ0v) is 10.7. The molecule has 0 radical (unpaired) electrons. The van der Waals surface area contributed by atoms with Gasteiger partial charge in [-0.1, -0.05) is 25.1 Å². The fourth-order valence-electron chi connectivity index (χ4n) is 2.96. The van der Waals surface area contributed by atoms with Crippen molar-refractivity contribution in [1.29, 1.82) is 0 Å². The van der Waals surface area contributed by atoms with Gasteiger partial charge in [-0.25, -0.2) is 0 Å². The molecule has 1 saturated carbocycles. The van der Waals surface area contributed by atoms with Crippen LogP contribution in [-0.2, 0) is 4.74 Å². The summed E-state index contributed by atoms with van der Waals surface area (Å²) in [4.78, 5) is 3.13. The molecule has 1 aliphatic heterocycles. The molecule has 1 atom stereocenters. The van der Waals surface area contributed by atoms with Gasteiger partial charge in [0.05, 0.1) is 11.6 Å². The number of hydrogen-bond acceptors (Lipinski definition) is 3. The summed E-state index contributed by atoms with van der Waals surface area (Å²) in [7, 11) is 0. The highest BCUT2D eigenvalue weighted by atomic mass is 32.1. The van der Waals surface area contributed by atoms with E-state index in [0.29, 0.717) is 17.1 Å². The Morgan fingerprint density at radius 3 is 2.44 bits per heavy atom. The molecule has 1 saturated heterocycles. The number of hydrogen-bond donors (Lipinski definition) is 1. The normalized spacial score (nSPS) is 27.4. The van der Waals surface area contributed by atoms with E-state index in [0.717, 1.165) is 19.8 Å². The Labute approximate surface area is 103 Å². The molecule has 2 rings (SSSR count). The summed E-state index contributed by atoms with van der Waals surface area (Å²) in [6.07, 6.45) is 7.72. The molecule has 92 valence electrons. The van der Waals surface area contributed by atoms with E-state index in [9.17, 15) is 0 Å². The largest absolute Gasteiger partial charge is 0.392 e. The van der Waals surface area contributed by atoms with Gasteiger partial charge in [0.25, 0.3) is 0 Å². The fourth-order valence-corrected chi connectivity index (χ4v) is 3.11. The van der Waals surface area contributed by atoms with Crippen LogP contribution in [0.1, 0.15) is 38.5 Å². The molecule has 0 spiro atoms. The van der Waals surface area contributed by atoms with Gasteiger partial charge in [0.1, 0.15) is 0 Å². The standard InChI is InChI=1S/C12H22N2OS/c13-12(16)8-14(10-4-1-2-5-10)11-6-3-7-15-9-11/h10-11H,1-9H2,(H2,13,16). The van der Waals surface area contributed by atoms with Gasteiger partial charge in [0.2, 0.25) is 0 Å². The number of nitrogens with two attached hydrogens (primary N) is 1. The summed E-state index contributed by atoms with van der Waals surface area (Å²) >= 11 is 5.07. The smallest absolute Gasteiger partial charge is 0.0870 e. The van der Waals surface area contributed by atoms with Crippen molar-refractivity contribution in [1.82, 2.24) is 4.90 Å². The maximum absolute atomic E-state index is 5.72. The second-order valence-electron chi connectivity index (χ2n) is 4.95. The lowest BCUT2D eigenvalue weighted by atomic mass is 10.0. The lowest BCUT2D eigenvalue weighted by Crippen LogP contribution is -2.49. The Hall–Kier alpha value is -0.190. The predicted molar refractivity (Wildman–Crippen MR) is 69.6 cm³/mol. The first-order valence-corrected chi connectivity index (χ1v) is 6.80. The van der Waals surface area contributed by atoms with Crippen LogP contribution < -0.4 is 5.73 Å². The average molecular weight is 242 g/mol. The maximum Gasteiger partial charge on any atom is 0.0870 e. The van der Waals surface area contributed by atoms with Crippen LogP contribution in [-0.4, -0.2) is 41.7 Å². The molecule has 4 heteroatoms. The third-order valence-electron chi connectivity index (χ3n) is 3.74. The molecule has 0 amide bonds. The van der Waals surface area contributed by atoms with Crippen molar-refractivity contribution in [3.8, 4) is 0 Å². The predicted octanol–water partition coefficient (Wildman–Crippen LogP) is 1.70. The number of nitrogens with zero attached hydrogens (tertiary/aromatic N) is 1. The number of rotatable bonds is 4. The molecule has 0 bridgehead atoms. The van der Waals surface area contributed by atoms with E-state index >= 15 is 0 Å². The third-order valence-corrected chi connectivity index (χ3v) is 3.87. The van der Waals surface area contributed by atoms with E-state index in [1.54, 1.807) is 0 Å². The van der Waals surface area contributed by atoms with Crippen LogP contribution >= 0.6 is 12.2 Å². The molecular weight excluding hydrogens is 220 g/mol. The molecule has 1 aliphatic carbocycles. The van der Waals surface area contributed by atoms with E-state index in [1.807, 2.05) is 0 Å². The number of thiocarbonyl (C=S) groups is 1. The van der Waals surface area contributed by atoms with Crippen LogP contribution in [0.5, 0.6) is 0 Å². The minimum atomic E-state index is 0.540. The maximum atomic E-state index is 5.72. The van der Waals surface area contributed by atoms with Crippen LogP contribution in [0.2, 0.25) is 0 Å². The van der Waals surface area contributed by atoms with Crippen LogP contribution in [0.3, 0.4) is 0 Å². The molecular formula is C12H22N2OS. The average Bonchev–Trinajstić information content (AvgIpc) is 2.80. The van der Waals surface area contributed by atoms with Crippen LogP contribution in [0, 0.1) is 0 Å². The Balaban J connectivity index is 1.96. The van der Waals surface area contributed by atoms with E-state index in [4.69, 9.17) is 22.7 Å². The van der Waals surface area contributed by atoms with Crippen molar-refractivity contribution >= 4 is 17.2 Å². The molecule has 1 heterocycles. The molecule has 0 aromatic heterocycles. The minimum Gasteiger partial charge on any atom is -0.392 e. The molecule has 2 aliphatic rings. The van der Waals surface area contributed by atoms with Crippen LogP contribution in [0.4, 0.5) is 0 Å². The molecule has 1 unspecified atom stereocenters. The summed E-state index contributed by atoms with van der Waals surface area (Å²) in [5.74, 6) is 0. The van der Waals surface area contributed by atoms with Crippen molar-refractivity contribution in [2.75, 3.05) is 19.8 Å². The molecule has 0 aromatic rings. The van der Waals surface area contributed by atoms with E-state index in [1.165, 1.54) is 38.5 Å². The van der Waals surface area contributed by atoms with E-state index in [-0.39, 0.29) is 0 Å². The molecule has 2 N–H and O–H groups in total. The summed E-state index contributed by atoms with van der Waals surface area (Å²) in [6, 6.07) is 1.23. The van der Waals surface area contributed by atoms with Gasteiger partial charge in [-0.15, -0.1) is 0 Å². The van der Waals surface area contributed by atoms with Crippen LogP contribution in [0.25, 0.3) is 0 Å². The van der Waals surface area contributed by atoms with Crippen molar-refractivity contribution in [3.05, 3.63) is 0 Å². The Bertz CT molecular complexity index is 235. The highest BCUT2D eigenvalue weighted by Crippen LogP contribution is 2.27. The van der Waals surface area contributed by atoms with Crippen LogP contribution in [0.15, 0.2) is 0 Å². The van der Waals surface area contributed by atoms with Crippen molar-refractivity contribution in [3.63, 3.8) is 0 Å². The zero-order chi connectivity index (χ0) is 11.4. The number of ether oxygens (including phenoxy) is 1. The first-order valence-electron chi connectivity index (χ1n) is 6.39. The highest BCUT2D eigenvalue weighted by molar-refractivity contribution is 7.80. The van der Waals surface area contributed by atoms with Crippen molar-refractivity contribution in [2.45, 2.75) is 50.6 Å². The second-order valence-corrected chi connectivity index (χ2v) is 5.47. The molecule has 0 aromatic carbocycles. The van der Waals surface area contributed by atoms with Gasteiger partial charge < -0.3 is 10.5 Å². The van der Waals surface area contributed by atoms with Gasteiger partial charge in [-0.05, 0) is 25.7 Å². The van der Waals surface area contributed by atoms with Gasteiger partial charge in [0.15, 0.2) is 0 Å². The summed E-state index contributed by atoms with van der Waals surface area (Å²) in [6.45, 7) is 2.55. The molecule has 3 nitrogen and oxygen atoms in total. The summed E-state index contributed by atoms with van der Waals surface area (Å²) in [5, 5.41) is 0. The van der Waals surface area contributed by atoms with Crippen molar-refractivity contribution in [2.24, 2.45) is 5.73 Å². The van der Waals surface area contributed by atoms with Gasteiger partial charge in [-0.2, -0.15) is 0 Å². The third kappa shape index (κ3) is 3.15. The fraction of sp³-hybridized carbons (Fsp3) is 0.917. The SMILES string of the molecule is NC(=S)CN(C1CCCC1)C1CCCOC1. The lowest BCUT2D eigenvalue weighted by molar-refractivity contribution is 0.00818. The quantitative estimate of drug-likeness (QED) is 0.762. The highest BCUT2D eigenvalue weighted by Gasteiger charge is 2.30. The second kappa shape index (κ2) is 5.94. The summed E-state index contributed by atoms with van der Waals surface area (Å²) in [5.41, 5.74) is 5.72. The first kappa shape index (κ1) is 12.3. The first-order chi connectivity index (χ1) is 7.77. The zero-order valence-electron chi connectivity index (χ0n) is 9.86. The molecule has 16 heavy (non-hydrogen) atoms. The topological polar surface area (TPSA) is 38.5 Å². The van der Waals surface area contributed by atoms with E-state index < -0.39 is 0 Å². The Morgan fingerprint density at radius 1 is 1.19 bits per heavy atom. The molecule has 2 fully saturated rings. The summed E-state index contributed by atoms with van der Waals surface area (Å²) < 4.78 is 5.58. The van der Waals surface area contributed by atoms with Gasteiger partial charge in [-0.3, -0.25) is 4.90 Å².